The Kier molecular flexibility index (Phi) is 4.98. The molecule has 5 rings (SSSR count). The fraction of sp³-hybridized carbons (Fsp3) is 0.192. The van der Waals surface area contributed by atoms with Gasteiger partial charge in [-0.1, -0.05) is 30.3 Å². The van der Waals surface area contributed by atoms with E-state index in [-0.39, 0.29) is 0 Å². The third-order valence-corrected chi connectivity index (χ3v) is 5.69. The van der Waals surface area contributed by atoms with Gasteiger partial charge in [0.15, 0.2) is 0 Å². The molecule has 2 aromatic carbocycles. The first-order valence-electron chi connectivity index (χ1n) is 10.5. The van der Waals surface area contributed by atoms with Crippen molar-refractivity contribution in [3.8, 4) is 22.9 Å². The number of benzene rings is 2. The first kappa shape index (κ1) is 20.0. The number of pyridine rings is 1. The minimum atomic E-state index is 0.468. The van der Waals surface area contributed by atoms with E-state index in [0.717, 1.165) is 50.5 Å². The molecule has 6 nitrogen and oxygen atoms in total. The molecule has 0 N–H and O–H groups in total. The molecule has 0 bridgehead atoms. The molecule has 32 heavy (non-hydrogen) atoms. The highest BCUT2D eigenvalue weighted by Crippen LogP contribution is 2.35. The fourth-order valence-corrected chi connectivity index (χ4v) is 4.12. The molecule has 3 aromatic heterocycles. The lowest BCUT2D eigenvalue weighted by Gasteiger charge is -2.14. The Labute approximate surface area is 186 Å². The molecule has 0 unspecified atom stereocenters. The minimum absolute atomic E-state index is 0.468. The first-order chi connectivity index (χ1) is 15.6. The van der Waals surface area contributed by atoms with Crippen molar-refractivity contribution in [3.05, 3.63) is 83.4 Å². The van der Waals surface area contributed by atoms with Crippen molar-refractivity contribution in [3.63, 3.8) is 0 Å². The van der Waals surface area contributed by atoms with Crippen LogP contribution in [-0.2, 0) is 6.61 Å². The highest BCUT2D eigenvalue weighted by molar-refractivity contribution is 5.89. The van der Waals surface area contributed by atoms with Crippen LogP contribution in [0.15, 0.2) is 60.9 Å². The number of rotatable bonds is 5. The van der Waals surface area contributed by atoms with Gasteiger partial charge >= 0.3 is 0 Å². The van der Waals surface area contributed by atoms with Crippen molar-refractivity contribution in [2.24, 2.45) is 0 Å². The standard InChI is InChI=1S/C26H24N4O2/c1-16-10-11-27-14-21(16)26-29-18(3)25-17(2)28-24-22(30(25)26)12-20(13-23(24)31-4)32-15-19-8-6-5-7-9-19/h5-14H,15H2,1-4H3. The van der Waals surface area contributed by atoms with Crippen LogP contribution in [0.4, 0.5) is 0 Å². The van der Waals surface area contributed by atoms with E-state index in [1.54, 1.807) is 13.3 Å². The van der Waals surface area contributed by atoms with Crippen LogP contribution in [0.25, 0.3) is 27.9 Å². The molecule has 0 aliphatic heterocycles. The molecular weight excluding hydrogens is 400 g/mol. The summed E-state index contributed by atoms with van der Waals surface area (Å²) >= 11 is 0. The predicted octanol–water partition coefficient (Wildman–Crippen LogP) is 5.46. The predicted molar refractivity (Wildman–Crippen MR) is 125 cm³/mol. The number of imidazole rings is 1. The zero-order valence-corrected chi connectivity index (χ0v) is 18.6. The summed E-state index contributed by atoms with van der Waals surface area (Å²) in [5.74, 6) is 2.21. The highest BCUT2D eigenvalue weighted by Gasteiger charge is 2.20. The Hall–Kier alpha value is -3.93. The third-order valence-electron chi connectivity index (χ3n) is 5.69. The Morgan fingerprint density at radius 1 is 0.938 bits per heavy atom. The van der Waals surface area contributed by atoms with Crippen molar-refractivity contribution in [1.29, 1.82) is 0 Å². The van der Waals surface area contributed by atoms with Crippen LogP contribution < -0.4 is 9.47 Å². The quantitative estimate of drug-likeness (QED) is 0.375. The van der Waals surface area contributed by atoms with E-state index in [1.165, 1.54) is 0 Å². The molecule has 160 valence electrons. The van der Waals surface area contributed by atoms with Crippen LogP contribution >= 0.6 is 0 Å². The second-order valence-corrected chi connectivity index (χ2v) is 7.86. The lowest BCUT2D eigenvalue weighted by atomic mass is 10.1. The van der Waals surface area contributed by atoms with Gasteiger partial charge in [0.25, 0.3) is 0 Å². The van der Waals surface area contributed by atoms with Gasteiger partial charge in [0.1, 0.15) is 29.4 Å². The SMILES string of the molecule is COc1cc(OCc2ccccc2)cc2c1nc(C)c1c(C)nc(-c3cnccc3C)n12. The molecule has 0 radical (unpaired) electrons. The summed E-state index contributed by atoms with van der Waals surface area (Å²) in [6, 6.07) is 16.0. The molecule has 5 aromatic rings. The molecule has 0 saturated carbocycles. The number of aromatic nitrogens is 4. The number of nitrogens with zero attached hydrogens (tertiary/aromatic N) is 4. The Morgan fingerprint density at radius 2 is 1.72 bits per heavy atom. The molecule has 0 aliphatic rings. The van der Waals surface area contributed by atoms with E-state index in [2.05, 4.69) is 16.3 Å². The number of fused-ring (bicyclic) bond motifs is 3. The Bertz CT molecular complexity index is 1440. The van der Waals surface area contributed by atoms with Crippen LogP contribution in [0.1, 0.15) is 22.5 Å². The number of methoxy groups -OCH3 is 1. The van der Waals surface area contributed by atoms with Crippen LogP contribution in [0.2, 0.25) is 0 Å². The van der Waals surface area contributed by atoms with E-state index in [0.29, 0.717) is 18.1 Å². The second kappa shape index (κ2) is 7.96. The molecule has 0 fully saturated rings. The summed E-state index contributed by atoms with van der Waals surface area (Å²) in [6.07, 6.45) is 3.66. The Balaban J connectivity index is 1.76. The maximum Gasteiger partial charge on any atom is 0.150 e. The first-order valence-corrected chi connectivity index (χ1v) is 10.5. The monoisotopic (exact) mass is 424 g/mol. The van der Waals surface area contributed by atoms with Crippen molar-refractivity contribution in [1.82, 2.24) is 19.4 Å². The van der Waals surface area contributed by atoms with Crippen LogP contribution in [0.3, 0.4) is 0 Å². The largest absolute Gasteiger partial charge is 0.494 e. The lowest BCUT2D eigenvalue weighted by molar-refractivity contribution is 0.304. The summed E-state index contributed by atoms with van der Waals surface area (Å²) in [4.78, 5) is 14.1. The maximum atomic E-state index is 6.14. The van der Waals surface area contributed by atoms with Gasteiger partial charge in [0.05, 0.1) is 29.5 Å². The second-order valence-electron chi connectivity index (χ2n) is 7.86. The highest BCUT2D eigenvalue weighted by atomic mass is 16.5. The smallest absolute Gasteiger partial charge is 0.150 e. The van der Waals surface area contributed by atoms with Gasteiger partial charge in [0.2, 0.25) is 0 Å². The van der Waals surface area contributed by atoms with Gasteiger partial charge in [-0.3, -0.25) is 9.38 Å². The third kappa shape index (κ3) is 3.34. The van der Waals surface area contributed by atoms with E-state index < -0.39 is 0 Å². The summed E-state index contributed by atoms with van der Waals surface area (Å²) in [7, 11) is 1.66. The molecule has 0 saturated heterocycles. The van der Waals surface area contributed by atoms with E-state index in [4.69, 9.17) is 19.4 Å². The van der Waals surface area contributed by atoms with E-state index >= 15 is 0 Å². The van der Waals surface area contributed by atoms with Gasteiger partial charge in [-0.2, -0.15) is 0 Å². The molecule has 0 spiro atoms. The summed E-state index contributed by atoms with van der Waals surface area (Å²) in [6.45, 7) is 6.55. The topological polar surface area (TPSA) is 61.5 Å². The number of hydrogen-bond donors (Lipinski definition) is 0. The van der Waals surface area contributed by atoms with Crippen molar-refractivity contribution in [2.75, 3.05) is 7.11 Å². The minimum Gasteiger partial charge on any atom is -0.494 e. The number of aryl methyl sites for hydroxylation is 3. The van der Waals surface area contributed by atoms with Crippen LogP contribution in [-0.4, -0.2) is 26.5 Å². The van der Waals surface area contributed by atoms with Gasteiger partial charge in [0, 0.05) is 30.1 Å². The molecule has 0 amide bonds. The van der Waals surface area contributed by atoms with Crippen molar-refractivity contribution < 1.29 is 9.47 Å². The summed E-state index contributed by atoms with van der Waals surface area (Å²) in [5.41, 5.74) is 7.64. The summed E-state index contributed by atoms with van der Waals surface area (Å²) in [5, 5.41) is 0. The van der Waals surface area contributed by atoms with Crippen molar-refractivity contribution >= 4 is 16.6 Å². The lowest BCUT2D eigenvalue weighted by Crippen LogP contribution is -2.02. The van der Waals surface area contributed by atoms with Gasteiger partial charge in [-0.25, -0.2) is 9.97 Å². The molecule has 0 atom stereocenters. The zero-order valence-electron chi connectivity index (χ0n) is 18.6. The zero-order chi connectivity index (χ0) is 22.2. The number of hydrogen-bond acceptors (Lipinski definition) is 5. The average molecular weight is 425 g/mol. The molecule has 3 heterocycles. The summed E-state index contributed by atoms with van der Waals surface area (Å²) < 4.78 is 14.0. The molecular formula is C26H24N4O2. The van der Waals surface area contributed by atoms with E-state index in [9.17, 15) is 0 Å². The number of ether oxygens (including phenoxy) is 2. The maximum absolute atomic E-state index is 6.14. The molecule has 0 aliphatic carbocycles. The average Bonchev–Trinajstić information content (AvgIpc) is 3.16. The normalized spacial score (nSPS) is 11.2. The van der Waals surface area contributed by atoms with Crippen molar-refractivity contribution in [2.45, 2.75) is 27.4 Å². The molecule has 6 heteroatoms. The van der Waals surface area contributed by atoms with Crippen LogP contribution in [0, 0.1) is 20.8 Å². The van der Waals surface area contributed by atoms with Gasteiger partial charge in [-0.15, -0.1) is 0 Å². The van der Waals surface area contributed by atoms with Gasteiger partial charge < -0.3 is 9.47 Å². The van der Waals surface area contributed by atoms with Gasteiger partial charge in [-0.05, 0) is 38.0 Å². The van der Waals surface area contributed by atoms with E-state index in [1.807, 2.05) is 68.6 Å². The Morgan fingerprint density at radius 3 is 2.47 bits per heavy atom. The van der Waals surface area contributed by atoms with Crippen LogP contribution in [0.5, 0.6) is 11.5 Å². The fourth-order valence-electron chi connectivity index (χ4n) is 4.12.